The summed E-state index contributed by atoms with van der Waals surface area (Å²) in [6.07, 6.45) is 9.22. The molecule has 0 aliphatic carbocycles. The Kier molecular flexibility index (Phi) is 8.90. The molecule has 1 aliphatic heterocycles. The fourth-order valence-corrected chi connectivity index (χ4v) is 4.57. The summed E-state index contributed by atoms with van der Waals surface area (Å²) in [6, 6.07) is 0.931. The van der Waals surface area contributed by atoms with Crippen LogP contribution in [0.25, 0.3) is 0 Å². The third kappa shape index (κ3) is 6.36. The summed E-state index contributed by atoms with van der Waals surface area (Å²) in [6.45, 7) is 3.90. The Morgan fingerprint density at radius 1 is 0.789 bits per heavy atom. The van der Waals surface area contributed by atoms with Crippen LogP contribution >= 0.6 is 0 Å². The zero-order valence-electron chi connectivity index (χ0n) is 13.0. The van der Waals surface area contributed by atoms with Gasteiger partial charge in [-0.05, 0) is 45.3 Å². The van der Waals surface area contributed by atoms with E-state index in [0.29, 0.717) is 0 Å². The van der Waals surface area contributed by atoms with Gasteiger partial charge in [0, 0.05) is 27.4 Å². The Morgan fingerprint density at radius 3 is 1.95 bits per heavy atom. The van der Waals surface area contributed by atoms with Crippen molar-refractivity contribution >= 4 is 8.80 Å². The van der Waals surface area contributed by atoms with Gasteiger partial charge in [-0.1, -0.05) is 19.3 Å². The number of likely N-dealkylation sites (tertiary alicyclic amines) is 1. The van der Waals surface area contributed by atoms with Crippen molar-refractivity contribution in [2.75, 3.05) is 41.0 Å². The highest BCUT2D eigenvalue weighted by Crippen LogP contribution is 2.18. The minimum absolute atomic E-state index is 0.931. The summed E-state index contributed by atoms with van der Waals surface area (Å²) in [5.74, 6) is 0. The Labute approximate surface area is 119 Å². The Balaban J connectivity index is 2.01. The molecule has 0 aromatic rings. The highest BCUT2D eigenvalue weighted by atomic mass is 28.4. The van der Waals surface area contributed by atoms with Crippen molar-refractivity contribution < 1.29 is 13.3 Å². The molecular formula is C14H31NO3Si. The highest BCUT2D eigenvalue weighted by molar-refractivity contribution is 6.60. The first-order valence-corrected chi connectivity index (χ1v) is 9.57. The second kappa shape index (κ2) is 9.88. The molecule has 0 unspecified atom stereocenters. The second-order valence-corrected chi connectivity index (χ2v) is 8.45. The molecule has 0 amide bonds. The van der Waals surface area contributed by atoms with E-state index >= 15 is 0 Å². The third-order valence-electron chi connectivity index (χ3n) is 4.09. The number of hydrogen-bond donors (Lipinski definition) is 0. The van der Waals surface area contributed by atoms with E-state index in [2.05, 4.69) is 4.90 Å². The van der Waals surface area contributed by atoms with Gasteiger partial charge in [-0.2, -0.15) is 0 Å². The maximum Gasteiger partial charge on any atom is 0.500 e. The zero-order chi connectivity index (χ0) is 14.0. The van der Waals surface area contributed by atoms with Crippen LogP contribution in [0.5, 0.6) is 0 Å². The largest absolute Gasteiger partial charge is 0.500 e. The lowest BCUT2D eigenvalue weighted by Gasteiger charge is -2.26. The van der Waals surface area contributed by atoms with E-state index in [1.807, 2.05) is 0 Å². The predicted molar refractivity (Wildman–Crippen MR) is 80.3 cm³/mol. The molecule has 0 bridgehead atoms. The van der Waals surface area contributed by atoms with Crippen LogP contribution < -0.4 is 0 Å². The molecule has 0 atom stereocenters. The average Bonchev–Trinajstić information content (AvgIpc) is 2.48. The van der Waals surface area contributed by atoms with Crippen molar-refractivity contribution in [3.05, 3.63) is 0 Å². The summed E-state index contributed by atoms with van der Waals surface area (Å²) in [5.41, 5.74) is 0. The molecule has 4 nitrogen and oxygen atoms in total. The van der Waals surface area contributed by atoms with E-state index < -0.39 is 8.80 Å². The molecule has 1 fully saturated rings. The van der Waals surface area contributed by atoms with Crippen LogP contribution in [0.1, 0.15) is 44.9 Å². The normalized spacial score (nSPS) is 17.8. The van der Waals surface area contributed by atoms with E-state index in [4.69, 9.17) is 13.3 Å². The standard InChI is InChI=1S/C14H31NO3Si/c1-16-19(17-2,18-3)14-10-5-4-7-11-15-12-8-6-9-13-15/h4-14H2,1-3H3. The topological polar surface area (TPSA) is 30.9 Å². The first-order valence-electron chi connectivity index (χ1n) is 7.64. The Morgan fingerprint density at radius 2 is 1.37 bits per heavy atom. The summed E-state index contributed by atoms with van der Waals surface area (Å²) in [4.78, 5) is 2.61. The lowest BCUT2D eigenvalue weighted by Crippen LogP contribution is -2.42. The van der Waals surface area contributed by atoms with Crippen LogP contribution in [-0.4, -0.2) is 54.7 Å². The van der Waals surface area contributed by atoms with Gasteiger partial charge in [-0.3, -0.25) is 0 Å². The van der Waals surface area contributed by atoms with E-state index in [1.54, 1.807) is 21.3 Å². The predicted octanol–water partition coefficient (Wildman–Crippen LogP) is 2.91. The zero-order valence-corrected chi connectivity index (χ0v) is 14.0. The summed E-state index contributed by atoms with van der Waals surface area (Å²) in [5, 5.41) is 0. The Hall–Kier alpha value is 0.0569. The molecule has 114 valence electrons. The molecule has 5 heteroatoms. The number of hydrogen-bond acceptors (Lipinski definition) is 4. The van der Waals surface area contributed by atoms with E-state index in [-0.39, 0.29) is 0 Å². The molecule has 0 aromatic carbocycles. The van der Waals surface area contributed by atoms with Crippen molar-refractivity contribution in [2.45, 2.75) is 51.0 Å². The molecule has 1 heterocycles. The van der Waals surface area contributed by atoms with E-state index in [1.165, 1.54) is 58.2 Å². The van der Waals surface area contributed by atoms with E-state index in [9.17, 15) is 0 Å². The van der Waals surface area contributed by atoms with Crippen molar-refractivity contribution in [2.24, 2.45) is 0 Å². The van der Waals surface area contributed by atoms with Gasteiger partial charge in [0.05, 0.1) is 0 Å². The molecule has 0 radical (unpaired) electrons. The van der Waals surface area contributed by atoms with Gasteiger partial charge in [0.2, 0.25) is 0 Å². The van der Waals surface area contributed by atoms with Crippen molar-refractivity contribution in [1.82, 2.24) is 4.90 Å². The van der Waals surface area contributed by atoms with Gasteiger partial charge in [0.25, 0.3) is 0 Å². The third-order valence-corrected chi connectivity index (χ3v) is 6.92. The van der Waals surface area contributed by atoms with Crippen LogP contribution in [-0.2, 0) is 13.3 Å². The van der Waals surface area contributed by atoms with Gasteiger partial charge >= 0.3 is 8.80 Å². The summed E-state index contributed by atoms with van der Waals surface area (Å²) < 4.78 is 16.3. The van der Waals surface area contributed by atoms with Crippen LogP contribution in [0.15, 0.2) is 0 Å². The fourth-order valence-electron chi connectivity index (χ4n) is 2.77. The Bertz CT molecular complexity index is 210. The van der Waals surface area contributed by atoms with Gasteiger partial charge in [0.15, 0.2) is 0 Å². The molecule has 19 heavy (non-hydrogen) atoms. The van der Waals surface area contributed by atoms with Gasteiger partial charge in [0.1, 0.15) is 0 Å². The first-order chi connectivity index (χ1) is 9.26. The minimum atomic E-state index is -2.32. The summed E-state index contributed by atoms with van der Waals surface area (Å²) in [7, 11) is 2.75. The SMILES string of the molecule is CO[Si](CCCCCCN1CCCCC1)(OC)OC. The molecule has 0 spiro atoms. The highest BCUT2D eigenvalue weighted by Gasteiger charge is 2.36. The van der Waals surface area contributed by atoms with Crippen LogP contribution in [0.2, 0.25) is 6.04 Å². The molecule has 1 aliphatic rings. The van der Waals surface area contributed by atoms with Crippen LogP contribution in [0.3, 0.4) is 0 Å². The van der Waals surface area contributed by atoms with Crippen LogP contribution in [0, 0.1) is 0 Å². The van der Waals surface area contributed by atoms with Gasteiger partial charge < -0.3 is 18.2 Å². The molecular weight excluding hydrogens is 258 g/mol. The van der Waals surface area contributed by atoms with E-state index in [0.717, 1.165) is 12.5 Å². The average molecular weight is 289 g/mol. The van der Waals surface area contributed by atoms with Crippen LogP contribution in [0.4, 0.5) is 0 Å². The number of nitrogens with zero attached hydrogens (tertiary/aromatic N) is 1. The van der Waals surface area contributed by atoms with Crippen molar-refractivity contribution in [3.63, 3.8) is 0 Å². The second-order valence-electron chi connectivity index (χ2n) is 5.36. The quantitative estimate of drug-likeness (QED) is 0.457. The molecule has 0 N–H and O–H groups in total. The first kappa shape index (κ1) is 17.1. The number of unbranched alkanes of at least 4 members (excludes halogenated alkanes) is 3. The number of rotatable bonds is 10. The molecule has 1 rings (SSSR count). The lowest BCUT2D eigenvalue weighted by molar-refractivity contribution is 0.122. The van der Waals surface area contributed by atoms with Gasteiger partial charge in [-0.15, -0.1) is 0 Å². The van der Waals surface area contributed by atoms with Crippen molar-refractivity contribution in [3.8, 4) is 0 Å². The maximum absolute atomic E-state index is 5.42. The van der Waals surface area contributed by atoms with Crippen molar-refractivity contribution in [1.29, 1.82) is 0 Å². The molecule has 0 saturated carbocycles. The fraction of sp³-hybridized carbons (Fsp3) is 1.00. The monoisotopic (exact) mass is 289 g/mol. The summed E-state index contributed by atoms with van der Waals surface area (Å²) >= 11 is 0. The maximum atomic E-state index is 5.42. The molecule has 1 saturated heterocycles. The molecule has 0 aromatic heterocycles. The smallest absolute Gasteiger partial charge is 0.377 e. The number of piperidine rings is 1. The lowest BCUT2D eigenvalue weighted by atomic mass is 10.1. The van der Waals surface area contributed by atoms with Gasteiger partial charge in [-0.25, -0.2) is 0 Å². The minimum Gasteiger partial charge on any atom is -0.377 e.